The van der Waals surface area contributed by atoms with Gasteiger partial charge in [-0.1, -0.05) is 38.1 Å². The summed E-state index contributed by atoms with van der Waals surface area (Å²) in [5.74, 6) is 3.25. The largest absolute Gasteiger partial charge is 0.497 e. The molecule has 2 nitrogen and oxygen atoms in total. The molecular weight excluding hydrogens is 296 g/mol. The van der Waals surface area contributed by atoms with Crippen LogP contribution in [0.4, 0.5) is 0 Å². The molecule has 3 aliphatic carbocycles. The lowest BCUT2D eigenvalue weighted by Crippen LogP contribution is -2.46. The van der Waals surface area contributed by atoms with Crippen LogP contribution in [0, 0.1) is 11.8 Å². The number of fused-ring (bicyclic) bond motifs is 1. The highest BCUT2D eigenvalue weighted by molar-refractivity contribution is 5.47. The molecular formula is C22H26O2. The average molecular weight is 322 g/mol. The van der Waals surface area contributed by atoms with Gasteiger partial charge >= 0.3 is 0 Å². The van der Waals surface area contributed by atoms with E-state index in [1.165, 1.54) is 24.0 Å². The first kappa shape index (κ1) is 15.6. The Bertz CT molecular complexity index is 660. The van der Waals surface area contributed by atoms with Gasteiger partial charge in [-0.3, -0.25) is 0 Å². The van der Waals surface area contributed by atoms with Crippen LogP contribution in [-0.4, -0.2) is 14.2 Å². The van der Waals surface area contributed by atoms with E-state index in [1.54, 1.807) is 14.2 Å². The lowest BCUT2D eigenvalue weighted by molar-refractivity contribution is 0.167. The van der Waals surface area contributed by atoms with Crippen LogP contribution < -0.4 is 9.47 Å². The van der Waals surface area contributed by atoms with Gasteiger partial charge in [-0.05, 0) is 70.9 Å². The second-order valence-electron chi connectivity index (χ2n) is 7.70. The van der Waals surface area contributed by atoms with Crippen LogP contribution in [0.2, 0.25) is 0 Å². The minimum atomic E-state index is 0.325. The molecule has 126 valence electrons. The Morgan fingerprint density at radius 2 is 1.00 bits per heavy atom. The number of hydrogen-bond acceptors (Lipinski definition) is 2. The zero-order valence-corrected chi connectivity index (χ0v) is 15.0. The van der Waals surface area contributed by atoms with E-state index < -0.39 is 0 Å². The molecule has 0 N–H and O–H groups in total. The van der Waals surface area contributed by atoms with Gasteiger partial charge in [-0.2, -0.15) is 0 Å². The monoisotopic (exact) mass is 322 g/mol. The standard InChI is InChI=1S/C22H26O2/c1-15-16(2)22(18-7-11-20(24-4)12-8-18)13-21(15,14-22)17-5-9-19(23-3)10-6-17/h5-12,15-16H,13-14H2,1-4H3/t15-,16-,21?,22?/m0/s1. The first-order valence-corrected chi connectivity index (χ1v) is 8.85. The maximum absolute atomic E-state index is 5.32. The third-order valence-corrected chi connectivity index (χ3v) is 7.08. The molecule has 2 heteroatoms. The SMILES string of the molecule is COc1ccc(C23CC(c4ccc(OC)cc4)(C2)[C@@H](C)[C@@H]3C)cc1. The lowest BCUT2D eigenvalue weighted by atomic mass is 9.53. The van der Waals surface area contributed by atoms with Crippen LogP contribution >= 0.6 is 0 Å². The van der Waals surface area contributed by atoms with Crippen molar-refractivity contribution in [1.29, 1.82) is 0 Å². The second kappa shape index (κ2) is 5.27. The molecule has 2 bridgehead atoms. The molecule has 2 aromatic carbocycles. The summed E-state index contributed by atoms with van der Waals surface area (Å²) in [5.41, 5.74) is 3.60. The summed E-state index contributed by atoms with van der Waals surface area (Å²) in [6.45, 7) is 4.88. The molecule has 0 radical (unpaired) electrons. The first-order chi connectivity index (χ1) is 11.6. The van der Waals surface area contributed by atoms with Crippen LogP contribution in [0.25, 0.3) is 0 Å². The first-order valence-electron chi connectivity index (χ1n) is 8.85. The molecule has 24 heavy (non-hydrogen) atoms. The Morgan fingerprint density at radius 1 is 0.667 bits per heavy atom. The predicted octanol–water partition coefficient (Wildman–Crippen LogP) is 4.96. The van der Waals surface area contributed by atoms with Crippen molar-refractivity contribution < 1.29 is 9.47 Å². The van der Waals surface area contributed by atoms with Crippen molar-refractivity contribution in [1.82, 2.24) is 0 Å². The van der Waals surface area contributed by atoms with Crippen LogP contribution in [0.5, 0.6) is 11.5 Å². The Kier molecular flexibility index (Phi) is 3.42. The molecule has 3 aliphatic rings. The van der Waals surface area contributed by atoms with Crippen molar-refractivity contribution in [2.75, 3.05) is 14.2 Å². The highest BCUT2D eigenvalue weighted by atomic mass is 16.5. The summed E-state index contributed by atoms with van der Waals surface area (Å²) in [4.78, 5) is 0. The molecule has 0 unspecified atom stereocenters. The van der Waals surface area contributed by atoms with Gasteiger partial charge < -0.3 is 9.47 Å². The minimum absolute atomic E-state index is 0.325. The number of ether oxygens (including phenoxy) is 2. The quantitative estimate of drug-likeness (QED) is 0.792. The second-order valence-corrected chi connectivity index (χ2v) is 7.70. The zero-order valence-electron chi connectivity index (χ0n) is 15.0. The molecule has 2 aromatic rings. The van der Waals surface area contributed by atoms with E-state index in [0.29, 0.717) is 22.7 Å². The van der Waals surface area contributed by atoms with E-state index in [4.69, 9.17) is 9.47 Å². The van der Waals surface area contributed by atoms with Gasteiger partial charge in [-0.15, -0.1) is 0 Å². The van der Waals surface area contributed by atoms with E-state index >= 15 is 0 Å². The molecule has 0 aliphatic heterocycles. The van der Waals surface area contributed by atoms with Crippen LogP contribution in [0.15, 0.2) is 48.5 Å². The van der Waals surface area contributed by atoms with Gasteiger partial charge in [0.25, 0.3) is 0 Å². The van der Waals surface area contributed by atoms with Gasteiger partial charge in [0.05, 0.1) is 14.2 Å². The highest BCUT2D eigenvalue weighted by Crippen LogP contribution is 2.73. The number of benzene rings is 2. The molecule has 0 saturated heterocycles. The van der Waals surface area contributed by atoms with Gasteiger partial charge in [0.2, 0.25) is 0 Å². The fourth-order valence-electron chi connectivity index (χ4n) is 5.46. The van der Waals surface area contributed by atoms with E-state index in [1.807, 2.05) is 0 Å². The van der Waals surface area contributed by atoms with E-state index in [2.05, 4.69) is 62.4 Å². The third-order valence-electron chi connectivity index (χ3n) is 7.08. The van der Waals surface area contributed by atoms with E-state index in [0.717, 1.165) is 11.5 Å². The molecule has 2 atom stereocenters. The van der Waals surface area contributed by atoms with Gasteiger partial charge in [0, 0.05) is 0 Å². The molecule has 0 spiro atoms. The third kappa shape index (κ3) is 1.89. The summed E-state index contributed by atoms with van der Waals surface area (Å²) >= 11 is 0. The van der Waals surface area contributed by atoms with Crippen molar-refractivity contribution >= 4 is 0 Å². The lowest BCUT2D eigenvalue weighted by Gasteiger charge is -2.50. The van der Waals surface area contributed by atoms with Gasteiger partial charge in [0.15, 0.2) is 0 Å². The number of rotatable bonds is 4. The van der Waals surface area contributed by atoms with Crippen molar-refractivity contribution in [3.63, 3.8) is 0 Å². The number of hydrogen-bond donors (Lipinski definition) is 0. The number of methoxy groups -OCH3 is 2. The summed E-state index contributed by atoms with van der Waals surface area (Å²) in [7, 11) is 3.46. The van der Waals surface area contributed by atoms with Crippen LogP contribution in [0.3, 0.4) is 0 Å². The minimum Gasteiger partial charge on any atom is -0.497 e. The maximum Gasteiger partial charge on any atom is 0.118 e. The van der Waals surface area contributed by atoms with Crippen molar-refractivity contribution in [2.45, 2.75) is 37.5 Å². The fourth-order valence-corrected chi connectivity index (χ4v) is 5.46. The topological polar surface area (TPSA) is 18.5 Å². The molecule has 5 rings (SSSR count). The fraction of sp³-hybridized carbons (Fsp3) is 0.455. The molecule has 0 amide bonds. The Hall–Kier alpha value is -1.96. The summed E-state index contributed by atoms with van der Waals surface area (Å²) < 4.78 is 10.6. The maximum atomic E-state index is 5.32. The zero-order chi connectivity index (χ0) is 16.9. The Balaban J connectivity index is 1.67. The Labute approximate surface area is 144 Å². The predicted molar refractivity (Wildman–Crippen MR) is 96.9 cm³/mol. The van der Waals surface area contributed by atoms with Gasteiger partial charge in [-0.25, -0.2) is 0 Å². The van der Waals surface area contributed by atoms with Crippen molar-refractivity contribution in [3.05, 3.63) is 59.7 Å². The molecule has 3 saturated carbocycles. The normalized spacial score (nSPS) is 33.8. The van der Waals surface area contributed by atoms with Crippen LogP contribution in [0.1, 0.15) is 37.8 Å². The highest BCUT2D eigenvalue weighted by Gasteiger charge is 2.69. The average Bonchev–Trinajstić information content (AvgIpc) is 2.96. The van der Waals surface area contributed by atoms with Crippen molar-refractivity contribution in [3.8, 4) is 11.5 Å². The van der Waals surface area contributed by atoms with E-state index in [-0.39, 0.29) is 0 Å². The summed E-state index contributed by atoms with van der Waals surface area (Å²) in [6.07, 6.45) is 2.50. The molecule has 3 fully saturated rings. The van der Waals surface area contributed by atoms with Gasteiger partial charge in [0.1, 0.15) is 11.5 Å². The molecule has 0 aromatic heterocycles. The summed E-state index contributed by atoms with van der Waals surface area (Å²) in [5, 5.41) is 0. The Morgan fingerprint density at radius 3 is 1.29 bits per heavy atom. The molecule has 0 heterocycles. The van der Waals surface area contributed by atoms with E-state index in [9.17, 15) is 0 Å². The smallest absolute Gasteiger partial charge is 0.118 e. The van der Waals surface area contributed by atoms with Crippen molar-refractivity contribution in [2.24, 2.45) is 11.8 Å². The summed E-state index contributed by atoms with van der Waals surface area (Å²) in [6, 6.07) is 17.5. The van der Waals surface area contributed by atoms with Crippen LogP contribution in [-0.2, 0) is 10.8 Å².